The average molecular weight is 456 g/mol. The third-order valence-electron chi connectivity index (χ3n) is 6.46. The lowest BCUT2D eigenvalue weighted by Crippen LogP contribution is -2.41. The van der Waals surface area contributed by atoms with Crippen LogP contribution < -0.4 is 20.3 Å². The van der Waals surface area contributed by atoms with E-state index in [0.717, 1.165) is 12.8 Å². The molecule has 1 amide bonds. The van der Waals surface area contributed by atoms with Crippen LogP contribution in [0.3, 0.4) is 0 Å². The maximum atomic E-state index is 14.0. The number of carbonyl (C=O) groups excluding carboxylic acids is 1. The maximum absolute atomic E-state index is 14.0. The van der Waals surface area contributed by atoms with E-state index in [9.17, 15) is 9.18 Å². The van der Waals surface area contributed by atoms with Crippen LogP contribution in [0.15, 0.2) is 30.5 Å². The Morgan fingerprint density at radius 3 is 2.52 bits per heavy atom. The molecule has 0 unspecified atom stereocenters. The van der Waals surface area contributed by atoms with E-state index in [4.69, 9.17) is 18.8 Å². The van der Waals surface area contributed by atoms with Crippen molar-refractivity contribution in [1.29, 1.82) is 0 Å². The lowest BCUT2D eigenvalue weighted by atomic mass is 9.79. The Hall–Kier alpha value is -2.65. The molecule has 0 radical (unpaired) electrons. The number of ether oxygens (including phenoxy) is 2. The highest BCUT2D eigenvalue weighted by atomic mass is 19.1. The summed E-state index contributed by atoms with van der Waals surface area (Å²) < 4.78 is 37.0. The number of hydrogen-bond acceptors (Lipinski definition) is 6. The van der Waals surface area contributed by atoms with Gasteiger partial charge in [-0.15, -0.1) is 0 Å². The molecule has 2 fully saturated rings. The van der Waals surface area contributed by atoms with E-state index in [0.29, 0.717) is 23.6 Å². The van der Waals surface area contributed by atoms with Crippen molar-refractivity contribution in [3.05, 3.63) is 47.4 Å². The molecule has 1 aromatic heterocycles. The van der Waals surface area contributed by atoms with Crippen LogP contribution in [0.4, 0.5) is 4.39 Å². The van der Waals surface area contributed by atoms with Gasteiger partial charge in [-0.2, -0.15) is 0 Å². The van der Waals surface area contributed by atoms with Gasteiger partial charge in [0.2, 0.25) is 5.88 Å². The zero-order valence-electron chi connectivity index (χ0n) is 19.7. The number of carbonyl (C=O) groups is 1. The molecule has 176 valence electrons. The van der Waals surface area contributed by atoms with Gasteiger partial charge in [0.15, 0.2) is 11.6 Å². The lowest BCUT2D eigenvalue weighted by Gasteiger charge is -2.32. The number of nitrogens with zero attached hydrogens (tertiary/aromatic N) is 1. The number of benzene rings is 1. The molecular weight excluding hydrogens is 426 g/mol. The predicted octanol–water partition coefficient (Wildman–Crippen LogP) is 3.25. The van der Waals surface area contributed by atoms with Crippen molar-refractivity contribution in [2.75, 3.05) is 13.7 Å². The fourth-order valence-electron chi connectivity index (χ4n) is 3.43. The van der Waals surface area contributed by atoms with E-state index < -0.39 is 24.1 Å². The summed E-state index contributed by atoms with van der Waals surface area (Å²) in [5, 5.41) is 2.83. The molecule has 9 heteroatoms. The summed E-state index contributed by atoms with van der Waals surface area (Å²) in [5.41, 5.74) is 0.501. The van der Waals surface area contributed by atoms with Gasteiger partial charge in [-0.25, -0.2) is 9.37 Å². The largest absolute Gasteiger partial charge is 0.496 e. The second-order valence-electron chi connectivity index (χ2n) is 9.62. The third kappa shape index (κ3) is 5.14. The highest BCUT2D eigenvalue weighted by molar-refractivity contribution is 6.62. The van der Waals surface area contributed by atoms with E-state index in [1.807, 2.05) is 27.7 Å². The van der Waals surface area contributed by atoms with Gasteiger partial charge in [0, 0.05) is 18.2 Å². The van der Waals surface area contributed by atoms with Crippen LogP contribution in [0.25, 0.3) is 0 Å². The first-order valence-electron chi connectivity index (χ1n) is 11.2. The molecule has 0 atom stereocenters. The van der Waals surface area contributed by atoms with Gasteiger partial charge in [-0.3, -0.25) is 4.79 Å². The van der Waals surface area contributed by atoms with E-state index in [1.54, 1.807) is 18.3 Å². The standard InChI is InChI=1S/C24H30BFN2O5/c1-23(2)24(3,4)33-25(32-23)17-11-18(22(28-13-17)31-14-15-6-7-15)21(29)27-12-16-8-9-20(30-5)19(26)10-16/h8-11,13,15H,6-7,12,14H2,1-5H3,(H,27,29). The second kappa shape index (κ2) is 8.95. The van der Waals surface area contributed by atoms with Crippen LogP contribution in [-0.2, 0) is 15.9 Å². The van der Waals surface area contributed by atoms with E-state index in [2.05, 4.69) is 10.3 Å². The summed E-state index contributed by atoms with van der Waals surface area (Å²) in [6.07, 6.45) is 3.87. The van der Waals surface area contributed by atoms with Crippen molar-refractivity contribution in [2.24, 2.45) is 5.92 Å². The molecule has 1 aliphatic carbocycles. The number of nitrogens with one attached hydrogen (secondary N) is 1. The van der Waals surface area contributed by atoms with Crippen molar-refractivity contribution in [3.8, 4) is 11.6 Å². The number of amides is 1. The summed E-state index contributed by atoms with van der Waals surface area (Å²) in [5.74, 6) is 0.0681. The summed E-state index contributed by atoms with van der Waals surface area (Å²) in [4.78, 5) is 17.5. The molecule has 1 aromatic carbocycles. The van der Waals surface area contributed by atoms with Crippen LogP contribution in [0.2, 0.25) is 0 Å². The average Bonchev–Trinajstić information content (AvgIpc) is 3.56. The molecule has 1 N–H and O–H groups in total. The normalized spacial score (nSPS) is 18.8. The number of halogens is 1. The molecule has 1 aliphatic heterocycles. The van der Waals surface area contributed by atoms with Gasteiger partial charge in [0.05, 0.1) is 24.9 Å². The number of hydrogen-bond donors (Lipinski definition) is 1. The Morgan fingerprint density at radius 2 is 1.91 bits per heavy atom. The minimum atomic E-state index is -0.651. The highest BCUT2D eigenvalue weighted by Gasteiger charge is 2.52. The zero-order chi connectivity index (χ0) is 23.8. The maximum Gasteiger partial charge on any atom is 0.496 e. The smallest absolute Gasteiger partial charge is 0.494 e. The van der Waals surface area contributed by atoms with E-state index in [1.165, 1.54) is 19.2 Å². The molecule has 1 saturated heterocycles. The molecule has 2 aliphatic rings. The predicted molar refractivity (Wildman–Crippen MR) is 122 cm³/mol. The Balaban J connectivity index is 1.54. The van der Waals surface area contributed by atoms with Gasteiger partial charge >= 0.3 is 7.12 Å². The molecule has 2 heterocycles. The molecule has 0 spiro atoms. The van der Waals surface area contributed by atoms with Crippen LogP contribution in [0.5, 0.6) is 11.6 Å². The molecule has 1 saturated carbocycles. The summed E-state index contributed by atoms with van der Waals surface area (Å²) in [7, 11) is 0.755. The van der Waals surface area contributed by atoms with Crippen LogP contribution in [0.1, 0.15) is 56.5 Å². The third-order valence-corrected chi connectivity index (χ3v) is 6.46. The van der Waals surface area contributed by atoms with Gasteiger partial charge < -0.3 is 24.1 Å². The fraction of sp³-hybridized carbons (Fsp3) is 0.500. The monoisotopic (exact) mass is 456 g/mol. The first-order valence-corrected chi connectivity index (χ1v) is 11.2. The number of aromatic nitrogens is 1. The minimum absolute atomic E-state index is 0.141. The van der Waals surface area contributed by atoms with Crippen molar-refractivity contribution >= 4 is 18.5 Å². The lowest BCUT2D eigenvalue weighted by molar-refractivity contribution is 0.00578. The minimum Gasteiger partial charge on any atom is -0.494 e. The Bertz CT molecular complexity index is 1030. The van der Waals surface area contributed by atoms with Crippen molar-refractivity contribution in [3.63, 3.8) is 0 Å². The number of rotatable bonds is 8. The molecule has 0 bridgehead atoms. The van der Waals surface area contributed by atoms with Crippen molar-refractivity contribution < 1.29 is 28.0 Å². The van der Waals surface area contributed by atoms with Crippen molar-refractivity contribution in [2.45, 2.75) is 58.3 Å². The van der Waals surface area contributed by atoms with Crippen LogP contribution in [0, 0.1) is 11.7 Å². The Kier molecular flexibility index (Phi) is 6.38. The van der Waals surface area contributed by atoms with Crippen molar-refractivity contribution in [1.82, 2.24) is 10.3 Å². The fourth-order valence-corrected chi connectivity index (χ4v) is 3.43. The SMILES string of the molecule is COc1ccc(CNC(=O)c2cc(B3OC(C)(C)C(C)(C)O3)cnc2OCC2CC2)cc1F. The topological polar surface area (TPSA) is 78.9 Å². The van der Waals surface area contributed by atoms with Gasteiger partial charge in [-0.1, -0.05) is 6.07 Å². The first kappa shape index (κ1) is 23.5. The summed E-state index contributed by atoms with van der Waals surface area (Å²) in [6.45, 7) is 8.53. The molecule has 2 aromatic rings. The Morgan fingerprint density at radius 1 is 1.21 bits per heavy atom. The van der Waals surface area contributed by atoms with Crippen LogP contribution in [-0.4, -0.2) is 42.9 Å². The van der Waals surface area contributed by atoms with E-state index in [-0.39, 0.29) is 29.6 Å². The Labute approximate surface area is 194 Å². The van der Waals surface area contributed by atoms with Gasteiger partial charge in [-0.05, 0) is 70.2 Å². The quantitative estimate of drug-likeness (QED) is 0.615. The molecule has 7 nitrogen and oxygen atoms in total. The van der Waals surface area contributed by atoms with Gasteiger partial charge in [0.1, 0.15) is 5.56 Å². The molecule has 33 heavy (non-hydrogen) atoms. The zero-order valence-corrected chi connectivity index (χ0v) is 19.7. The first-order chi connectivity index (χ1) is 15.6. The second-order valence-corrected chi connectivity index (χ2v) is 9.62. The summed E-state index contributed by atoms with van der Waals surface area (Å²) >= 11 is 0. The summed E-state index contributed by atoms with van der Waals surface area (Å²) in [6, 6.07) is 6.26. The van der Waals surface area contributed by atoms with E-state index >= 15 is 0 Å². The van der Waals surface area contributed by atoms with Crippen LogP contribution >= 0.6 is 0 Å². The number of pyridine rings is 1. The number of methoxy groups -OCH3 is 1. The highest BCUT2D eigenvalue weighted by Crippen LogP contribution is 2.36. The molecule has 4 rings (SSSR count). The van der Waals surface area contributed by atoms with Gasteiger partial charge in [0.25, 0.3) is 5.91 Å². The molecular formula is C24H30BFN2O5.